The minimum Gasteiger partial charge on any atom is -0.406 e. The van der Waals surface area contributed by atoms with Crippen molar-refractivity contribution in [3.05, 3.63) is 60.7 Å². The summed E-state index contributed by atoms with van der Waals surface area (Å²) in [4.78, 5) is 22.8. The van der Waals surface area contributed by atoms with Crippen molar-refractivity contribution in [2.24, 2.45) is 5.41 Å². The number of hydrogen-bond acceptors (Lipinski definition) is 3. The van der Waals surface area contributed by atoms with Crippen molar-refractivity contribution in [1.29, 1.82) is 0 Å². The van der Waals surface area contributed by atoms with Crippen LogP contribution in [0.1, 0.15) is 27.7 Å². The molecule has 0 saturated carbocycles. The zero-order valence-corrected chi connectivity index (χ0v) is 16.4. The molecule has 0 aromatic heterocycles. The molecule has 0 saturated heterocycles. The van der Waals surface area contributed by atoms with E-state index in [0.717, 1.165) is 10.4 Å². The average Bonchev–Trinajstić information content (AvgIpc) is 2.62. The molecule has 0 aliphatic carbocycles. The maximum atomic E-state index is 11.4. The Kier molecular flexibility index (Phi) is 5.75. The van der Waals surface area contributed by atoms with Gasteiger partial charge < -0.3 is 14.0 Å². The monoisotopic (exact) mass is 354 g/mol. The first-order valence-corrected chi connectivity index (χ1v) is 10.4. The predicted octanol–water partition coefficient (Wildman–Crippen LogP) is 2.97. The van der Waals surface area contributed by atoms with Crippen LogP contribution in [-0.4, -0.2) is 27.5 Å². The number of benzene rings is 2. The predicted molar refractivity (Wildman–Crippen MR) is 104 cm³/mol. The molecule has 0 aliphatic heterocycles. The highest BCUT2D eigenvalue weighted by Gasteiger charge is 2.51. The first-order chi connectivity index (χ1) is 11.8. The summed E-state index contributed by atoms with van der Waals surface area (Å²) in [6.07, 6.45) is 1.36. The summed E-state index contributed by atoms with van der Waals surface area (Å²) in [5.41, 5.74) is -1.13. The molecule has 2 rings (SSSR count). The summed E-state index contributed by atoms with van der Waals surface area (Å²) in [7, 11) is -2.71. The van der Waals surface area contributed by atoms with E-state index in [4.69, 9.17) is 4.43 Å². The van der Waals surface area contributed by atoms with E-state index in [-0.39, 0.29) is 11.6 Å². The van der Waals surface area contributed by atoms with E-state index in [2.05, 4.69) is 45.0 Å². The summed E-state index contributed by atoms with van der Waals surface area (Å²) in [5.74, 6) is 0. The maximum Gasteiger partial charge on any atom is 0.261 e. The zero-order valence-electron chi connectivity index (χ0n) is 15.4. The molecule has 0 unspecified atom stereocenters. The van der Waals surface area contributed by atoms with Gasteiger partial charge in [0.2, 0.25) is 0 Å². The largest absolute Gasteiger partial charge is 0.406 e. The SMILES string of the molecule is CC(C=O)(C=O)CO[Si](c1ccccc1)(c1ccccc1)C(C)(C)C. The molecule has 2 aromatic carbocycles. The lowest BCUT2D eigenvalue weighted by Crippen LogP contribution is -2.67. The van der Waals surface area contributed by atoms with Gasteiger partial charge in [0.05, 0.1) is 6.61 Å². The van der Waals surface area contributed by atoms with Crippen LogP contribution in [0, 0.1) is 5.41 Å². The Morgan fingerprint density at radius 2 is 1.20 bits per heavy atom. The third-order valence-corrected chi connectivity index (χ3v) is 9.54. The fourth-order valence-electron chi connectivity index (χ4n) is 3.12. The van der Waals surface area contributed by atoms with E-state index in [1.165, 1.54) is 0 Å². The van der Waals surface area contributed by atoms with Crippen molar-refractivity contribution >= 4 is 31.3 Å². The van der Waals surface area contributed by atoms with Crippen LogP contribution in [0.5, 0.6) is 0 Å². The van der Waals surface area contributed by atoms with Gasteiger partial charge in [-0.3, -0.25) is 0 Å². The summed E-state index contributed by atoms with van der Waals surface area (Å²) in [5, 5.41) is 2.09. The van der Waals surface area contributed by atoms with Crippen molar-refractivity contribution in [2.75, 3.05) is 6.61 Å². The lowest BCUT2D eigenvalue weighted by atomic mass is 9.97. The van der Waals surface area contributed by atoms with Crippen LogP contribution in [0.25, 0.3) is 0 Å². The minimum atomic E-state index is -2.71. The molecule has 0 fully saturated rings. The lowest BCUT2D eigenvalue weighted by Gasteiger charge is -2.44. The van der Waals surface area contributed by atoms with Gasteiger partial charge >= 0.3 is 0 Å². The molecule has 0 N–H and O–H groups in total. The number of hydrogen-bond donors (Lipinski definition) is 0. The van der Waals surface area contributed by atoms with E-state index in [0.29, 0.717) is 12.6 Å². The fourth-order valence-corrected chi connectivity index (χ4v) is 7.80. The zero-order chi connectivity index (χ0) is 18.6. The number of aldehydes is 2. The van der Waals surface area contributed by atoms with Crippen molar-refractivity contribution < 1.29 is 14.0 Å². The Morgan fingerprint density at radius 1 is 0.800 bits per heavy atom. The highest BCUT2D eigenvalue weighted by Crippen LogP contribution is 2.37. The molecule has 0 bridgehead atoms. The molecular formula is C21H26O3Si. The smallest absolute Gasteiger partial charge is 0.261 e. The topological polar surface area (TPSA) is 43.4 Å². The van der Waals surface area contributed by atoms with Crippen LogP contribution >= 0.6 is 0 Å². The summed E-state index contributed by atoms with van der Waals surface area (Å²) >= 11 is 0. The summed E-state index contributed by atoms with van der Waals surface area (Å²) in [6, 6.07) is 20.3. The van der Waals surface area contributed by atoms with Gasteiger partial charge in [0.15, 0.2) is 0 Å². The highest BCUT2D eigenvalue weighted by molar-refractivity contribution is 6.99. The molecular weight excluding hydrogens is 328 g/mol. The molecule has 2 aromatic rings. The van der Waals surface area contributed by atoms with E-state index in [1.54, 1.807) is 6.92 Å². The summed E-state index contributed by atoms with van der Waals surface area (Å²) in [6.45, 7) is 8.19. The molecule has 0 atom stereocenters. The number of carbonyl (C=O) groups is 2. The van der Waals surface area contributed by atoms with E-state index in [9.17, 15) is 9.59 Å². The van der Waals surface area contributed by atoms with Crippen molar-refractivity contribution in [3.63, 3.8) is 0 Å². The lowest BCUT2D eigenvalue weighted by molar-refractivity contribution is -0.127. The Morgan fingerprint density at radius 3 is 1.52 bits per heavy atom. The van der Waals surface area contributed by atoms with Gasteiger partial charge in [0.25, 0.3) is 8.32 Å². The average molecular weight is 355 g/mol. The van der Waals surface area contributed by atoms with Crippen LogP contribution in [-0.2, 0) is 14.0 Å². The Balaban J connectivity index is 2.64. The standard InChI is InChI=1S/C21H26O3Si/c1-20(2,3)25(18-11-7-5-8-12-18,19-13-9-6-10-14-19)24-17-21(4,15-22)16-23/h5-16H,17H2,1-4H3. The van der Waals surface area contributed by atoms with Crippen molar-refractivity contribution in [3.8, 4) is 0 Å². The molecule has 0 amide bonds. The van der Waals surface area contributed by atoms with Crippen LogP contribution in [0.15, 0.2) is 60.7 Å². The number of carbonyl (C=O) groups excluding carboxylic acids is 2. The quantitative estimate of drug-likeness (QED) is 0.436. The van der Waals surface area contributed by atoms with Gasteiger partial charge in [-0.15, -0.1) is 0 Å². The molecule has 0 radical (unpaired) electrons. The second-order valence-electron chi connectivity index (χ2n) is 7.69. The van der Waals surface area contributed by atoms with Crippen LogP contribution in [0.2, 0.25) is 5.04 Å². The Bertz CT molecular complexity index is 657. The Labute approximate surface area is 151 Å². The van der Waals surface area contributed by atoms with Gasteiger partial charge in [-0.2, -0.15) is 0 Å². The van der Waals surface area contributed by atoms with Gasteiger partial charge in [0.1, 0.15) is 18.0 Å². The first kappa shape index (κ1) is 19.3. The molecule has 132 valence electrons. The third-order valence-electron chi connectivity index (χ3n) is 4.55. The fraction of sp³-hybridized carbons (Fsp3) is 0.333. The Hall–Kier alpha value is -2.04. The van der Waals surface area contributed by atoms with Gasteiger partial charge in [-0.25, -0.2) is 0 Å². The van der Waals surface area contributed by atoms with E-state index < -0.39 is 13.7 Å². The highest BCUT2D eigenvalue weighted by atomic mass is 28.4. The molecule has 0 heterocycles. The van der Waals surface area contributed by atoms with Crippen LogP contribution in [0.4, 0.5) is 0 Å². The number of rotatable bonds is 7. The second kappa shape index (κ2) is 7.46. The molecule has 3 nitrogen and oxygen atoms in total. The van der Waals surface area contributed by atoms with Crippen molar-refractivity contribution in [2.45, 2.75) is 32.7 Å². The molecule has 4 heteroatoms. The second-order valence-corrected chi connectivity index (χ2v) is 12.0. The maximum absolute atomic E-state index is 11.4. The first-order valence-electron chi connectivity index (χ1n) is 8.47. The van der Waals surface area contributed by atoms with Crippen LogP contribution in [0.3, 0.4) is 0 Å². The van der Waals surface area contributed by atoms with E-state index in [1.807, 2.05) is 36.4 Å². The molecule has 25 heavy (non-hydrogen) atoms. The van der Waals surface area contributed by atoms with Gasteiger partial charge in [0, 0.05) is 0 Å². The van der Waals surface area contributed by atoms with Gasteiger partial charge in [-0.05, 0) is 22.3 Å². The normalized spacial score (nSPS) is 12.6. The van der Waals surface area contributed by atoms with Crippen molar-refractivity contribution in [1.82, 2.24) is 0 Å². The van der Waals surface area contributed by atoms with Gasteiger partial charge in [-0.1, -0.05) is 81.4 Å². The third kappa shape index (κ3) is 3.80. The van der Waals surface area contributed by atoms with E-state index >= 15 is 0 Å². The molecule has 0 spiro atoms. The van der Waals surface area contributed by atoms with Crippen LogP contribution < -0.4 is 10.4 Å². The minimum absolute atomic E-state index is 0.0767. The summed E-state index contributed by atoms with van der Waals surface area (Å²) < 4.78 is 6.59. The molecule has 0 aliphatic rings.